The van der Waals surface area contributed by atoms with Gasteiger partial charge in [-0.2, -0.15) is 8.42 Å². The van der Waals surface area contributed by atoms with E-state index >= 15 is 0 Å². The van der Waals surface area contributed by atoms with E-state index in [4.69, 9.17) is 15.0 Å². The van der Waals surface area contributed by atoms with Crippen LogP contribution in [0, 0.1) is 0 Å². The summed E-state index contributed by atoms with van der Waals surface area (Å²) in [6, 6.07) is 0. The number of hydrogen-bond acceptors (Lipinski definition) is 12. The summed E-state index contributed by atoms with van der Waals surface area (Å²) in [5.74, 6) is -0.940. The summed E-state index contributed by atoms with van der Waals surface area (Å²) in [7, 11) is -10.5. The first-order chi connectivity index (χ1) is 12.5. The topological polar surface area (TPSA) is 229 Å². The molecule has 6 N–H and O–H groups in total. The minimum atomic E-state index is -5.27. The Kier molecular flexibility index (Phi) is 4.81. The summed E-state index contributed by atoms with van der Waals surface area (Å²) in [6.07, 6.45) is -0.825. The van der Waals surface area contributed by atoms with Gasteiger partial charge in [0.1, 0.15) is 12.7 Å². The molecular weight excluding hydrogens is 413 g/mol. The fourth-order valence-corrected chi connectivity index (χ4v) is 3.65. The maximum atomic E-state index is 11.4. The molecule has 2 aromatic rings. The highest BCUT2D eigenvalue weighted by atomic mass is 32.3. The van der Waals surface area contributed by atoms with Gasteiger partial charge in [0.15, 0.2) is 34.9 Å². The van der Waals surface area contributed by atoms with E-state index in [9.17, 15) is 28.1 Å². The SMILES string of the molecule is Nc1ncnc2c1ncn2C1=C(O)[C@H](O)[C@@H](COP(=O)(O)OS(=O)(=O)O)O1. The predicted octanol–water partition coefficient (Wildman–Crippen LogP) is -1.21. The van der Waals surface area contributed by atoms with Crippen molar-refractivity contribution in [3.05, 3.63) is 18.4 Å². The lowest BCUT2D eigenvalue weighted by Gasteiger charge is -2.17. The van der Waals surface area contributed by atoms with Crippen LogP contribution in [0.1, 0.15) is 0 Å². The zero-order chi connectivity index (χ0) is 20.0. The van der Waals surface area contributed by atoms with Crippen molar-refractivity contribution >= 4 is 41.1 Å². The molecule has 3 rings (SSSR count). The fourth-order valence-electron chi connectivity index (χ4n) is 2.19. The molecule has 1 aliphatic rings. The van der Waals surface area contributed by atoms with Gasteiger partial charge < -0.3 is 25.6 Å². The van der Waals surface area contributed by atoms with Gasteiger partial charge in [0.05, 0.1) is 6.61 Å². The van der Waals surface area contributed by atoms with Gasteiger partial charge in [-0.1, -0.05) is 0 Å². The number of aliphatic hydroxyl groups is 2. The number of hydrogen-bond donors (Lipinski definition) is 5. The Morgan fingerprint density at radius 2 is 2.07 bits per heavy atom. The minimum Gasteiger partial charge on any atom is -0.505 e. The molecule has 3 atom stereocenters. The van der Waals surface area contributed by atoms with E-state index in [2.05, 4.69) is 23.4 Å². The predicted molar refractivity (Wildman–Crippen MR) is 84.9 cm³/mol. The Morgan fingerprint density at radius 3 is 2.74 bits per heavy atom. The molecule has 0 saturated heterocycles. The monoisotopic (exact) mass is 425 g/mol. The molecule has 17 heteroatoms. The second-order valence-corrected chi connectivity index (χ2v) is 7.75. The van der Waals surface area contributed by atoms with Crippen molar-refractivity contribution in [3.8, 4) is 0 Å². The Balaban J connectivity index is 1.79. The van der Waals surface area contributed by atoms with Gasteiger partial charge in [0, 0.05) is 0 Å². The minimum absolute atomic E-state index is 0.0563. The van der Waals surface area contributed by atoms with Gasteiger partial charge in [-0.25, -0.2) is 24.1 Å². The second-order valence-electron chi connectivity index (χ2n) is 5.10. The molecule has 27 heavy (non-hydrogen) atoms. The molecule has 0 amide bonds. The molecule has 0 saturated carbocycles. The lowest BCUT2D eigenvalue weighted by atomic mass is 10.2. The van der Waals surface area contributed by atoms with Gasteiger partial charge in [-0.3, -0.25) is 9.08 Å². The van der Waals surface area contributed by atoms with E-state index in [1.54, 1.807) is 0 Å². The van der Waals surface area contributed by atoms with E-state index in [1.807, 2.05) is 0 Å². The van der Waals surface area contributed by atoms with Crippen molar-refractivity contribution in [2.24, 2.45) is 0 Å². The molecule has 0 aliphatic carbocycles. The molecule has 15 nitrogen and oxygen atoms in total. The highest BCUT2D eigenvalue weighted by Gasteiger charge is 2.40. The Labute approximate surface area is 150 Å². The van der Waals surface area contributed by atoms with E-state index in [0.717, 1.165) is 10.9 Å². The summed E-state index contributed by atoms with van der Waals surface area (Å²) in [6.45, 7) is -0.887. The first-order valence-electron chi connectivity index (χ1n) is 6.86. The smallest absolute Gasteiger partial charge is 0.488 e. The fraction of sp³-hybridized carbons (Fsp3) is 0.300. The standard InChI is InChI=1S/C10H12N5O10PS/c11-8-5-9(13-2-12-8)15(3-14-5)10-7(17)6(16)4(24-10)1-23-26(18,19)25-27(20,21)22/h2-4,6,16-17H,1H2,(H,18,19)(H2,11,12,13)(H,20,21,22)/t4-,6-/m1/s1. The molecule has 1 aliphatic heterocycles. The second kappa shape index (κ2) is 6.68. The third kappa shape index (κ3) is 4.01. The quantitative estimate of drug-likeness (QED) is 0.270. The molecule has 0 aromatic carbocycles. The maximum Gasteiger partial charge on any atom is 0.488 e. The first-order valence-corrected chi connectivity index (χ1v) is 9.72. The van der Waals surface area contributed by atoms with Crippen LogP contribution in [0.2, 0.25) is 0 Å². The third-order valence-corrected chi connectivity index (χ3v) is 5.27. The van der Waals surface area contributed by atoms with Crippen molar-refractivity contribution in [1.29, 1.82) is 0 Å². The molecule has 148 valence electrons. The lowest BCUT2D eigenvalue weighted by Crippen LogP contribution is -2.29. The molecule has 3 heterocycles. The van der Waals surface area contributed by atoms with Crippen LogP contribution in [0.3, 0.4) is 0 Å². The average molecular weight is 425 g/mol. The van der Waals surface area contributed by atoms with E-state index in [0.29, 0.717) is 0 Å². The van der Waals surface area contributed by atoms with Crippen molar-refractivity contribution in [3.63, 3.8) is 0 Å². The summed E-state index contributed by atoms with van der Waals surface area (Å²) in [5, 5.41) is 20.1. The molecule has 0 spiro atoms. The van der Waals surface area contributed by atoms with Gasteiger partial charge in [-0.15, -0.1) is 3.97 Å². The third-order valence-electron chi connectivity index (χ3n) is 3.29. The van der Waals surface area contributed by atoms with Crippen molar-refractivity contribution < 1.29 is 45.9 Å². The van der Waals surface area contributed by atoms with Crippen molar-refractivity contribution in [2.45, 2.75) is 12.2 Å². The number of aliphatic hydroxyl groups excluding tert-OH is 2. The lowest BCUT2D eigenvalue weighted by molar-refractivity contribution is 0.0137. The number of nitrogen functional groups attached to an aromatic ring is 1. The van der Waals surface area contributed by atoms with E-state index < -0.39 is 42.8 Å². The zero-order valence-corrected chi connectivity index (χ0v) is 14.7. The number of nitrogens with two attached hydrogens (primary N) is 1. The highest BCUT2D eigenvalue weighted by molar-refractivity contribution is 7.85. The van der Waals surface area contributed by atoms with Crippen LogP contribution in [-0.2, 0) is 28.2 Å². The average Bonchev–Trinajstić information content (AvgIpc) is 3.07. The molecule has 1 unspecified atom stereocenters. The molecular formula is C10H12N5O10PS. The van der Waals surface area contributed by atoms with Gasteiger partial charge in [0.2, 0.25) is 5.88 Å². The zero-order valence-electron chi connectivity index (χ0n) is 13.0. The number of aromatic nitrogens is 4. The Morgan fingerprint density at radius 1 is 1.37 bits per heavy atom. The largest absolute Gasteiger partial charge is 0.505 e. The number of fused-ring (bicyclic) bond motifs is 1. The van der Waals surface area contributed by atoms with Crippen molar-refractivity contribution in [2.75, 3.05) is 12.3 Å². The number of rotatable bonds is 6. The number of nitrogens with zero attached hydrogens (tertiary/aromatic N) is 4. The van der Waals surface area contributed by atoms with Crippen LogP contribution in [0.4, 0.5) is 5.82 Å². The van der Waals surface area contributed by atoms with E-state index in [1.165, 1.54) is 6.33 Å². The van der Waals surface area contributed by atoms with E-state index in [-0.39, 0.29) is 22.9 Å². The molecule has 2 aromatic heterocycles. The normalized spacial score (nSPS) is 22.8. The van der Waals surface area contributed by atoms with Crippen LogP contribution >= 0.6 is 7.82 Å². The Hall–Kier alpha value is -2.33. The number of phosphoric acid groups is 1. The number of anilines is 1. The van der Waals surface area contributed by atoms with Crippen LogP contribution in [-0.4, -0.2) is 66.4 Å². The summed E-state index contributed by atoms with van der Waals surface area (Å²) in [5.41, 5.74) is 5.98. The number of imidazole rings is 1. The highest BCUT2D eigenvalue weighted by Crippen LogP contribution is 2.45. The van der Waals surface area contributed by atoms with Gasteiger partial charge >= 0.3 is 18.2 Å². The van der Waals surface area contributed by atoms with Crippen LogP contribution in [0.15, 0.2) is 18.4 Å². The molecule has 0 radical (unpaired) electrons. The summed E-state index contributed by atoms with van der Waals surface area (Å²) >= 11 is 0. The van der Waals surface area contributed by atoms with Crippen LogP contribution in [0.5, 0.6) is 0 Å². The number of ether oxygens (including phenoxy) is 1. The number of phosphoric ester groups is 1. The Bertz CT molecular complexity index is 1070. The molecule has 0 bridgehead atoms. The van der Waals surface area contributed by atoms with Crippen molar-refractivity contribution in [1.82, 2.24) is 19.5 Å². The van der Waals surface area contributed by atoms with Crippen LogP contribution in [0.25, 0.3) is 17.0 Å². The van der Waals surface area contributed by atoms with Crippen LogP contribution < -0.4 is 5.73 Å². The van der Waals surface area contributed by atoms with Gasteiger partial charge in [-0.05, 0) is 0 Å². The maximum absolute atomic E-state index is 11.4. The molecule has 0 fully saturated rings. The van der Waals surface area contributed by atoms with Gasteiger partial charge in [0.25, 0.3) is 0 Å². The summed E-state index contributed by atoms with van der Waals surface area (Å²) in [4.78, 5) is 20.8. The first kappa shape index (κ1) is 19.4. The summed E-state index contributed by atoms with van der Waals surface area (Å²) < 4.78 is 55.0.